The maximum absolute atomic E-state index is 10.7. The minimum absolute atomic E-state index is 0.150. The van der Waals surface area contributed by atoms with E-state index < -0.39 is 0 Å². The molecule has 0 spiro atoms. The highest BCUT2D eigenvalue weighted by Crippen LogP contribution is 2.25. The number of carbonyl (C=O) groups excluding carboxylic acids is 1. The van der Waals surface area contributed by atoms with Crippen LogP contribution in [0.4, 0.5) is 22.7 Å². The molecule has 224 valence electrons. The first kappa shape index (κ1) is 35.6. The average Bonchev–Trinajstić information content (AvgIpc) is 2.96. The molecular weight excluding hydrogens is 569 g/mol. The predicted octanol–water partition coefficient (Wildman–Crippen LogP) is 6.81. The van der Waals surface area contributed by atoms with Gasteiger partial charge in [-0.1, -0.05) is 5.57 Å². The van der Waals surface area contributed by atoms with Crippen molar-refractivity contribution in [3.8, 4) is 11.5 Å². The molecule has 42 heavy (non-hydrogen) atoms. The summed E-state index contributed by atoms with van der Waals surface area (Å²) in [6.45, 7) is 8.01. The van der Waals surface area contributed by atoms with Crippen LogP contribution in [0.25, 0.3) is 0 Å². The number of thioether (sulfide) groups is 2. The molecule has 0 aliphatic rings. The van der Waals surface area contributed by atoms with Crippen LogP contribution in [-0.2, 0) is 9.53 Å². The van der Waals surface area contributed by atoms with E-state index in [1.807, 2.05) is 62.4 Å². The first-order valence-corrected chi connectivity index (χ1v) is 14.7. The molecule has 4 rings (SSSR count). The summed E-state index contributed by atoms with van der Waals surface area (Å²) in [6.07, 6.45) is -0.150. The lowest BCUT2D eigenvalue weighted by Crippen LogP contribution is -2.18. The van der Waals surface area contributed by atoms with Crippen molar-refractivity contribution in [1.29, 1.82) is 0 Å². The molecule has 0 bridgehead atoms. The summed E-state index contributed by atoms with van der Waals surface area (Å²) >= 11 is 3.28. The molecule has 8 nitrogen and oxygen atoms in total. The van der Waals surface area contributed by atoms with Crippen molar-refractivity contribution in [2.24, 2.45) is 0 Å². The second-order valence-electron chi connectivity index (χ2n) is 9.00. The third-order valence-corrected chi connectivity index (χ3v) is 6.95. The van der Waals surface area contributed by atoms with Gasteiger partial charge in [-0.15, -0.1) is 30.1 Å². The van der Waals surface area contributed by atoms with Crippen molar-refractivity contribution >= 4 is 52.7 Å². The summed E-state index contributed by atoms with van der Waals surface area (Å²) in [5, 5.41) is 17.4. The fourth-order valence-electron chi connectivity index (χ4n) is 2.66. The summed E-state index contributed by atoms with van der Waals surface area (Å²) in [4.78, 5) is 12.9. The number of anilines is 4. The van der Waals surface area contributed by atoms with E-state index in [9.17, 15) is 4.79 Å². The van der Waals surface area contributed by atoms with Crippen molar-refractivity contribution in [2.75, 3.05) is 34.4 Å². The van der Waals surface area contributed by atoms with Crippen molar-refractivity contribution in [3.05, 3.63) is 109 Å². The Hall–Kier alpha value is -4.41. The molecule has 0 heterocycles. The molecule has 0 unspecified atom stereocenters. The van der Waals surface area contributed by atoms with E-state index in [1.165, 1.54) is 5.57 Å². The second kappa shape index (κ2) is 20.5. The van der Waals surface area contributed by atoms with Gasteiger partial charge in [0.1, 0.15) is 17.6 Å². The Morgan fingerprint density at radius 2 is 0.929 bits per heavy atom. The average molecular weight is 609 g/mol. The summed E-state index contributed by atoms with van der Waals surface area (Å²) < 4.78 is 5.16. The van der Waals surface area contributed by atoms with Crippen LogP contribution in [0.2, 0.25) is 0 Å². The van der Waals surface area contributed by atoms with E-state index in [0.717, 1.165) is 21.2 Å². The molecule has 0 saturated carbocycles. The van der Waals surface area contributed by atoms with E-state index in [2.05, 4.69) is 6.58 Å². The van der Waals surface area contributed by atoms with E-state index in [4.69, 9.17) is 37.9 Å². The van der Waals surface area contributed by atoms with Crippen molar-refractivity contribution in [2.45, 2.75) is 29.7 Å². The summed E-state index contributed by atoms with van der Waals surface area (Å²) in [7, 11) is 0. The lowest BCUT2D eigenvalue weighted by molar-refractivity contribution is -0.131. The molecule has 0 radical (unpaired) electrons. The highest BCUT2D eigenvalue weighted by molar-refractivity contribution is 8.00. The van der Waals surface area contributed by atoms with Crippen LogP contribution in [0.1, 0.15) is 13.8 Å². The fraction of sp³-hybridized carbons (Fsp3) is 0.156. The Morgan fingerprint density at radius 1 is 0.667 bits per heavy atom. The number of rotatable bonds is 8. The van der Waals surface area contributed by atoms with Gasteiger partial charge in [0.05, 0.1) is 0 Å². The molecular formula is C32H40N4O4S2. The minimum atomic E-state index is -0.150. The van der Waals surface area contributed by atoms with E-state index >= 15 is 0 Å². The lowest BCUT2D eigenvalue weighted by Gasteiger charge is -2.14. The molecule has 10 N–H and O–H groups in total. The van der Waals surface area contributed by atoms with Crippen molar-refractivity contribution in [1.82, 2.24) is 0 Å². The highest BCUT2D eigenvalue weighted by atomic mass is 32.2. The largest absolute Gasteiger partial charge is 0.508 e. The molecule has 0 saturated heterocycles. The Morgan fingerprint density at radius 3 is 1.17 bits per heavy atom. The van der Waals surface area contributed by atoms with Crippen LogP contribution in [0.15, 0.2) is 119 Å². The number of phenols is 2. The Bertz CT molecular complexity index is 1160. The topological polar surface area (TPSA) is 171 Å². The third kappa shape index (κ3) is 18.0. The van der Waals surface area contributed by atoms with Gasteiger partial charge in [0, 0.05) is 44.0 Å². The molecule has 0 fully saturated rings. The number of nitrogens with two attached hydrogens (primary N) is 4. The monoisotopic (exact) mass is 608 g/mol. The third-order valence-electron chi connectivity index (χ3n) is 4.67. The smallest absolute Gasteiger partial charge is 0.293 e. The summed E-state index contributed by atoms with van der Waals surface area (Å²) in [6, 6.07) is 28.1. The maximum atomic E-state index is 10.7. The normalized spacial score (nSPS) is 9.60. The van der Waals surface area contributed by atoms with Crippen LogP contribution >= 0.6 is 23.5 Å². The molecule has 0 atom stereocenters. The molecule has 0 amide bonds. The number of aromatic hydroxyl groups is 2. The SMILES string of the molecule is C=C(C)C.Nc1ccc(O)cc1.Nc1ccc(O)cc1.Nc1ccc(SCC(CSc2ccc(N)cc2)OC=O)cc1. The van der Waals surface area contributed by atoms with E-state index in [0.29, 0.717) is 29.4 Å². The van der Waals surface area contributed by atoms with Crippen LogP contribution in [0, 0.1) is 0 Å². The van der Waals surface area contributed by atoms with Crippen LogP contribution < -0.4 is 22.9 Å². The van der Waals surface area contributed by atoms with Gasteiger partial charge < -0.3 is 37.9 Å². The molecule has 0 aromatic heterocycles. The number of allylic oxidation sites excluding steroid dienone is 1. The molecule has 10 heteroatoms. The van der Waals surface area contributed by atoms with E-state index in [1.54, 1.807) is 72.1 Å². The number of nitrogen functional groups attached to an aromatic ring is 4. The van der Waals surface area contributed by atoms with E-state index in [-0.39, 0.29) is 17.6 Å². The van der Waals surface area contributed by atoms with Crippen LogP contribution in [-0.4, -0.2) is 34.3 Å². The zero-order valence-corrected chi connectivity index (χ0v) is 25.5. The van der Waals surface area contributed by atoms with Gasteiger partial charge in [0.25, 0.3) is 6.47 Å². The number of phenolic OH excluding ortho intramolecular Hbond substituents is 2. The first-order chi connectivity index (χ1) is 20.0. The summed E-state index contributed by atoms with van der Waals surface area (Å²) in [5.41, 5.74) is 25.9. The standard InChI is InChI=1S/C16H18N2O2S2.2C6H7NO.C4H8/c17-12-1-5-15(6-2-12)21-9-14(20-11-19)10-22-16-7-3-13(18)4-8-16;2*7-5-1-3-6(8)4-2-5;1-4(2)3/h1-8,11,14H,9-10,17-18H2;2*1-4,8H,7H2;1H2,2-3H3. The Kier molecular flexibility index (Phi) is 17.4. The quantitative estimate of drug-likeness (QED) is 0.0410. The Labute approximate surface area is 256 Å². The number of benzene rings is 4. The molecule has 4 aromatic carbocycles. The number of hydrogen-bond acceptors (Lipinski definition) is 10. The van der Waals surface area contributed by atoms with Gasteiger partial charge in [-0.05, 0) is 111 Å². The maximum Gasteiger partial charge on any atom is 0.293 e. The second-order valence-corrected chi connectivity index (χ2v) is 11.2. The first-order valence-electron chi connectivity index (χ1n) is 12.8. The Balaban J connectivity index is 0.000000357. The van der Waals surface area contributed by atoms with Gasteiger partial charge in [-0.25, -0.2) is 0 Å². The highest BCUT2D eigenvalue weighted by Gasteiger charge is 2.11. The zero-order valence-electron chi connectivity index (χ0n) is 23.9. The van der Waals surface area contributed by atoms with Crippen LogP contribution in [0.3, 0.4) is 0 Å². The number of ether oxygens (including phenoxy) is 1. The molecule has 4 aromatic rings. The van der Waals surface area contributed by atoms with Gasteiger partial charge >= 0.3 is 0 Å². The van der Waals surface area contributed by atoms with Gasteiger partial charge in [0.2, 0.25) is 0 Å². The minimum Gasteiger partial charge on any atom is -0.508 e. The molecule has 0 aliphatic carbocycles. The van der Waals surface area contributed by atoms with Gasteiger partial charge in [0.15, 0.2) is 0 Å². The number of hydrogen-bond donors (Lipinski definition) is 6. The fourth-order valence-corrected chi connectivity index (χ4v) is 4.62. The zero-order chi connectivity index (χ0) is 31.3. The summed E-state index contributed by atoms with van der Waals surface area (Å²) in [5.74, 6) is 1.90. The van der Waals surface area contributed by atoms with Crippen molar-refractivity contribution < 1.29 is 19.7 Å². The predicted molar refractivity (Wildman–Crippen MR) is 180 cm³/mol. The van der Waals surface area contributed by atoms with Crippen molar-refractivity contribution in [3.63, 3.8) is 0 Å². The van der Waals surface area contributed by atoms with Crippen LogP contribution in [0.5, 0.6) is 11.5 Å². The van der Waals surface area contributed by atoms with Gasteiger partial charge in [-0.3, -0.25) is 4.79 Å². The number of carbonyl (C=O) groups is 1. The lowest BCUT2D eigenvalue weighted by atomic mass is 10.3. The van der Waals surface area contributed by atoms with Gasteiger partial charge in [-0.2, -0.15) is 0 Å². The molecule has 0 aliphatic heterocycles.